The number of aryl methyl sites for hydroxylation is 2. The van der Waals surface area contributed by atoms with Gasteiger partial charge in [-0.15, -0.1) is 0 Å². The predicted molar refractivity (Wildman–Crippen MR) is 163 cm³/mol. The Morgan fingerprint density at radius 2 is 1.49 bits per heavy atom. The van der Waals surface area contributed by atoms with Crippen molar-refractivity contribution in [1.29, 1.82) is 0 Å². The highest BCUT2D eigenvalue weighted by Gasteiger charge is 2.30. The molecule has 0 bridgehead atoms. The minimum absolute atomic E-state index is 0.0785. The molecule has 1 aliphatic heterocycles. The second-order valence-electron chi connectivity index (χ2n) is 9.38. The number of ether oxygens (including phenoxy) is 1. The number of carbonyl (C=O) groups is 1. The standard InChI is InChI=1S/C25H31N3O2.C8H11N/c1-4-11-23-21(17-26-22-14-9-7-12-19(22)6-3)25(29)28(27-23)18-20-13-8-10-15-24(20)30-16-5-2;1-2-7-5-3-4-6-8(7)9/h7-10,12-15,17,26H,4-6,11,16,18H2,1-3H3;3-6H,2,9H2,1H3/b21-17-;. The number of carbonyl (C=O) groups excluding carboxylic acids is 1. The molecule has 3 aromatic carbocycles. The fourth-order valence-corrected chi connectivity index (χ4v) is 4.31. The molecule has 0 spiro atoms. The lowest BCUT2D eigenvalue weighted by Crippen LogP contribution is -2.22. The van der Waals surface area contributed by atoms with Crippen LogP contribution in [0.1, 0.15) is 63.6 Å². The van der Waals surface area contributed by atoms with Crippen LogP contribution in [0.2, 0.25) is 0 Å². The Labute approximate surface area is 233 Å². The van der Waals surface area contributed by atoms with Gasteiger partial charge in [0.15, 0.2) is 0 Å². The summed E-state index contributed by atoms with van der Waals surface area (Å²) in [6.07, 6.45) is 6.39. The van der Waals surface area contributed by atoms with Crippen LogP contribution in [0, 0.1) is 0 Å². The number of nitrogen functional groups attached to an aromatic ring is 1. The van der Waals surface area contributed by atoms with Gasteiger partial charge in [-0.1, -0.05) is 88.7 Å². The van der Waals surface area contributed by atoms with Crippen molar-refractivity contribution in [2.75, 3.05) is 17.7 Å². The highest BCUT2D eigenvalue weighted by atomic mass is 16.5. The lowest BCUT2D eigenvalue weighted by atomic mass is 10.1. The van der Waals surface area contributed by atoms with Gasteiger partial charge in [0.2, 0.25) is 0 Å². The number of amides is 1. The van der Waals surface area contributed by atoms with Crippen molar-refractivity contribution < 1.29 is 9.53 Å². The van der Waals surface area contributed by atoms with Crippen molar-refractivity contribution in [1.82, 2.24) is 5.01 Å². The maximum absolute atomic E-state index is 13.2. The van der Waals surface area contributed by atoms with Crippen LogP contribution in [0.5, 0.6) is 5.75 Å². The Hall–Kier alpha value is -4.06. The van der Waals surface area contributed by atoms with Crippen molar-refractivity contribution in [3.63, 3.8) is 0 Å². The fraction of sp³-hybridized carbons (Fsp3) is 0.333. The van der Waals surface area contributed by atoms with E-state index in [4.69, 9.17) is 10.5 Å². The number of hydrogen-bond acceptors (Lipinski definition) is 5. The first-order valence-electron chi connectivity index (χ1n) is 14.0. The van der Waals surface area contributed by atoms with Crippen LogP contribution in [0.3, 0.4) is 0 Å². The average molecular weight is 527 g/mol. The van der Waals surface area contributed by atoms with Gasteiger partial charge < -0.3 is 15.8 Å². The van der Waals surface area contributed by atoms with Gasteiger partial charge in [-0.05, 0) is 55.0 Å². The van der Waals surface area contributed by atoms with E-state index in [0.717, 1.165) is 60.5 Å². The molecule has 0 aromatic heterocycles. The quantitative estimate of drug-likeness (QED) is 0.202. The minimum atomic E-state index is -0.0785. The molecule has 6 heteroatoms. The van der Waals surface area contributed by atoms with Gasteiger partial charge in [-0.3, -0.25) is 4.79 Å². The van der Waals surface area contributed by atoms with E-state index in [1.165, 1.54) is 11.1 Å². The van der Waals surface area contributed by atoms with Gasteiger partial charge in [0.1, 0.15) is 5.75 Å². The van der Waals surface area contributed by atoms with Gasteiger partial charge in [-0.2, -0.15) is 5.10 Å². The second kappa shape index (κ2) is 15.4. The van der Waals surface area contributed by atoms with Gasteiger partial charge in [0.25, 0.3) is 5.91 Å². The average Bonchev–Trinajstić information content (AvgIpc) is 3.25. The van der Waals surface area contributed by atoms with Crippen LogP contribution in [0.25, 0.3) is 0 Å². The molecule has 39 heavy (non-hydrogen) atoms. The molecule has 3 aromatic rings. The number of rotatable bonds is 11. The molecule has 0 fully saturated rings. The summed E-state index contributed by atoms with van der Waals surface area (Å²) in [5.74, 6) is 0.733. The number of hydrazone groups is 1. The van der Waals surface area contributed by atoms with Crippen molar-refractivity contribution in [3.8, 4) is 5.75 Å². The summed E-state index contributed by atoms with van der Waals surface area (Å²) in [5.41, 5.74) is 12.4. The summed E-state index contributed by atoms with van der Waals surface area (Å²) in [7, 11) is 0. The summed E-state index contributed by atoms with van der Waals surface area (Å²) >= 11 is 0. The summed E-state index contributed by atoms with van der Waals surface area (Å²) in [4.78, 5) is 13.2. The van der Waals surface area contributed by atoms with Crippen molar-refractivity contribution in [3.05, 3.63) is 101 Å². The number of hydrogen-bond donors (Lipinski definition) is 2. The van der Waals surface area contributed by atoms with Gasteiger partial charge in [0, 0.05) is 23.1 Å². The molecule has 1 aliphatic rings. The first kappa shape index (κ1) is 29.5. The second-order valence-corrected chi connectivity index (χ2v) is 9.38. The zero-order valence-electron chi connectivity index (χ0n) is 23.7. The summed E-state index contributed by atoms with van der Waals surface area (Å²) in [6, 6.07) is 23.9. The molecule has 3 N–H and O–H groups in total. The van der Waals surface area contributed by atoms with E-state index >= 15 is 0 Å². The topological polar surface area (TPSA) is 80.0 Å². The SMILES string of the molecule is CCCOc1ccccc1CN1N=C(CCC)/C(=C/Nc2ccccc2CC)C1=O.CCc1ccccc1N. The Morgan fingerprint density at radius 3 is 2.13 bits per heavy atom. The lowest BCUT2D eigenvalue weighted by Gasteiger charge is -2.15. The number of nitrogens with zero attached hydrogens (tertiary/aromatic N) is 2. The van der Waals surface area contributed by atoms with E-state index < -0.39 is 0 Å². The third kappa shape index (κ3) is 8.21. The van der Waals surface area contributed by atoms with E-state index in [1.807, 2.05) is 66.9 Å². The molecule has 0 atom stereocenters. The van der Waals surface area contributed by atoms with Crippen LogP contribution in [0.15, 0.2) is 89.7 Å². The zero-order chi connectivity index (χ0) is 28.0. The number of nitrogens with one attached hydrogen (secondary N) is 1. The van der Waals surface area contributed by atoms with Crippen molar-refractivity contribution >= 4 is 23.0 Å². The maximum Gasteiger partial charge on any atom is 0.277 e. The van der Waals surface area contributed by atoms with Gasteiger partial charge in [0.05, 0.1) is 24.4 Å². The molecule has 0 radical (unpaired) electrons. The normalized spacial score (nSPS) is 13.6. The van der Waals surface area contributed by atoms with Crippen LogP contribution in [-0.2, 0) is 24.2 Å². The van der Waals surface area contributed by atoms with Gasteiger partial charge in [-0.25, -0.2) is 5.01 Å². The Bertz CT molecular complexity index is 1280. The molecule has 6 nitrogen and oxygen atoms in total. The number of anilines is 2. The maximum atomic E-state index is 13.2. The van der Waals surface area contributed by atoms with Crippen LogP contribution in [-0.4, -0.2) is 23.2 Å². The molecule has 206 valence electrons. The predicted octanol–water partition coefficient (Wildman–Crippen LogP) is 7.36. The van der Waals surface area contributed by atoms with Crippen LogP contribution >= 0.6 is 0 Å². The molecule has 1 heterocycles. The highest BCUT2D eigenvalue weighted by molar-refractivity contribution is 6.24. The minimum Gasteiger partial charge on any atom is -0.493 e. The van der Waals surface area contributed by atoms with Crippen molar-refractivity contribution in [2.45, 2.75) is 66.3 Å². The molecular weight excluding hydrogens is 484 g/mol. The molecule has 4 rings (SSSR count). The molecule has 0 aliphatic carbocycles. The smallest absolute Gasteiger partial charge is 0.277 e. The monoisotopic (exact) mass is 526 g/mol. The highest BCUT2D eigenvalue weighted by Crippen LogP contribution is 2.26. The Balaban J connectivity index is 0.000000395. The van der Waals surface area contributed by atoms with Gasteiger partial charge >= 0.3 is 0 Å². The first-order chi connectivity index (χ1) is 19.0. The Kier molecular flexibility index (Phi) is 11.6. The van der Waals surface area contributed by atoms with E-state index in [1.54, 1.807) is 5.01 Å². The first-order valence-corrected chi connectivity index (χ1v) is 14.0. The van der Waals surface area contributed by atoms with E-state index in [-0.39, 0.29) is 5.91 Å². The Morgan fingerprint density at radius 1 is 0.846 bits per heavy atom. The van der Waals surface area contributed by atoms with E-state index in [0.29, 0.717) is 18.7 Å². The molecule has 0 saturated heterocycles. The van der Waals surface area contributed by atoms with Crippen LogP contribution < -0.4 is 15.8 Å². The molecule has 1 amide bonds. The lowest BCUT2D eigenvalue weighted by molar-refractivity contribution is -0.126. The number of nitrogens with two attached hydrogens (primary N) is 1. The fourth-order valence-electron chi connectivity index (χ4n) is 4.31. The molecular formula is C33H42N4O2. The molecule has 0 unspecified atom stereocenters. The number of para-hydroxylation sites is 3. The third-order valence-electron chi connectivity index (χ3n) is 6.46. The summed E-state index contributed by atoms with van der Waals surface area (Å²) in [5, 5.41) is 9.54. The van der Waals surface area contributed by atoms with Crippen molar-refractivity contribution in [2.24, 2.45) is 5.10 Å². The van der Waals surface area contributed by atoms with E-state index in [9.17, 15) is 4.79 Å². The number of benzene rings is 3. The third-order valence-corrected chi connectivity index (χ3v) is 6.46. The molecule has 0 saturated carbocycles. The van der Waals surface area contributed by atoms with Crippen LogP contribution in [0.4, 0.5) is 11.4 Å². The summed E-state index contributed by atoms with van der Waals surface area (Å²) in [6.45, 7) is 9.45. The largest absolute Gasteiger partial charge is 0.493 e. The van der Waals surface area contributed by atoms with E-state index in [2.05, 4.69) is 50.2 Å². The zero-order valence-corrected chi connectivity index (χ0v) is 23.7. The summed E-state index contributed by atoms with van der Waals surface area (Å²) < 4.78 is 5.85.